The Morgan fingerprint density at radius 1 is 0.697 bits per heavy atom. The van der Waals surface area contributed by atoms with Gasteiger partial charge in [0.15, 0.2) is 0 Å². The number of likely N-dealkylation sites (tertiary alicyclic amines) is 1. The van der Waals surface area contributed by atoms with Crippen LogP contribution in [0, 0.1) is 0 Å². The Labute approximate surface area is 197 Å². The zero-order chi connectivity index (χ0) is 22.7. The third kappa shape index (κ3) is 4.91. The normalized spacial score (nSPS) is 22.1. The summed E-state index contributed by atoms with van der Waals surface area (Å²) >= 11 is 0. The summed E-state index contributed by atoms with van der Waals surface area (Å²) < 4.78 is 28.2. The lowest BCUT2D eigenvalue weighted by Gasteiger charge is -2.45. The van der Waals surface area contributed by atoms with Crippen molar-refractivity contribution in [2.24, 2.45) is 0 Å². The van der Waals surface area contributed by atoms with Crippen LogP contribution in [0.5, 0.6) is 0 Å². The number of piperidine rings is 1. The van der Waals surface area contributed by atoms with Gasteiger partial charge in [-0.2, -0.15) is 4.31 Å². The number of hydrogen-bond donors (Lipinski definition) is 0. The topological polar surface area (TPSA) is 40.6 Å². The van der Waals surface area contributed by atoms with Gasteiger partial charge in [0.05, 0.1) is 5.75 Å². The third-order valence-corrected chi connectivity index (χ3v) is 9.08. The first-order valence-corrected chi connectivity index (χ1v) is 13.6. The predicted molar refractivity (Wildman–Crippen MR) is 134 cm³/mol. The molecule has 0 N–H and O–H groups in total. The van der Waals surface area contributed by atoms with Gasteiger partial charge in [0.2, 0.25) is 10.0 Å². The van der Waals surface area contributed by atoms with Crippen LogP contribution in [0.2, 0.25) is 0 Å². The van der Waals surface area contributed by atoms with Crippen molar-refractivity contribution in [2.75, 3.05) is 19.6 Å². The van der Waals surface area contributed by atoms with E-state index in [2.05, 4.69) is 53.4 Å². The van der Waals surface area contributed by atoms with Gasteiger partial charge >= 0.3 is 0 Å². The van der Waals surface area contributed by atoms with E-state index in [0.717, 1.165) is 44.3 Å². The Balaban J connectivity index is 1.30. The fraction of sp³-hybridized carbons (Fsp3) is 0.357. The highest BCUT2D eigenvalue weighted by atomic mass is 32.2. The maximum atomic E-state index is 13.2. The second-order valence-corrected chi connectivity index (χ2v) is 11.5. The molecule has 0 radical (unpaired) electrons. The molecule has 33 heavy (non-hydrogen) atoms. The van der Waals surface area contributed by atoms with Crippen molar-refractivity contribution in [3.8, 4) is 11.1 Å². The lowest BCUT2D eigenvalue weighted by atomic mass is 9.87. The minimum Gasteiger partial charge on any atom is -0.292 e. The van der Waals surface area contributed by atoms with E-state index < -0.39 is 10.0 Å². The molecule has 1 spiro atoms. The van der Waals surface area contributed by atoms with Crippen LogP contribution in [0.1, 0.15) is 36.8 Å². The lowest BCUT2D eigenvalue weighted by Crippen LogP contribution is -2.56. The average molecular weight is 461 g/mol. The van der Waals surface area contributed by atoms with Gasteiger partial charge in [0, 0.05) is 25.2 Å². The Kier molecular flexibility index (Phi) is 6.37. The molecule has 0 unspecified atom stereocenters. The Morgan fingerprint density at radius 2 is 1.30 bits per heavy atom. The first-order valence-electron chi connectivity index (χ1n) is 12.0. The van der Waals surface area contributed by atoms with E-state index in [1.165, 1.54) is 16.7 Å². The van der Waals surface area contributed by atoms with Crippen LogP contribution in [0.15, 0.2) is 84.9 Å². The summed E-state index contributed by atoms with van der Waals surface area (Å²) in [6.07, 6.45) is 4.21. The molecule has 172 valence electrons. The van der Waals surface area contributed by atoms with Crippen molar-refractivity contribution >= 4 is 10.0 Å². The molecule has 2 aliphatic heterocycles. The largest absolute Gasteiger partial charge is 0.292 e. The summed E-state index contributed by atoms with van der Waals surface area (Å²) in [5, 5.41) is 0. The molecule has 0 saturated carbocycles. The molecule has 0 bridgehead atoms. The molecule has 2 heterocycles. The van der Waals surface area contributed by atoms with Gasteiger partial charge in [-0.05, 0) is 54.5 Å². The Hall–Kier alpha value is -2.47. The summed E-state index contributed by atoms with van der Waals surface area (Å²) in [4.78, 5) is 2.55. The van der Waals surface area contributed by atoms with Gasteiger partial charge in [-0.25, -0.2) is 8.42 Å². The SMILES string of the molecule is O=S(=O)(Cc1ccccc1)N1CCC[C@@]2(CCCN2Cc2ccc(-c3ccccc3)cc2)C1. The van der Waals surface area contributed by atoms with Crippen molar-refractivity contribution < 1.29 is 8.42 Å². The minimum absolute atomic E-state index is 0.0416. The summed E-state index contributed by atoms with van der Waals surface area (Å²) in [6, 6.07) is 28.8. The van der Waals surface area contributed by atoms with Crippen LogP contribution in [0.25, 0.3) is 11.1 Å². The van der Waals surface area contributed by atoms with Crippen molar-refractivity contribution in [3.63, 3.8) is 0 Å². The van der Waals surface area contributed by atoms with Crippen molar-refractivity contribution in [1.29, 1.82) is 0 Å². The second-order valence-electron chi connectivity index (χ2n) is 9.49. The van der Waals surface area contributed by atoms with Crippen LogP contribution < -0.4 is 0 Å². The van der Waals surface area contributed by atoms with E-state index in [-0.39, 0.29) is 11.3 Å². The molecule has 2 fully saturated rings. The Morgan fingerprint density at radius 3 is 2.00 bits per heavy atom. The molecule has 3 aromatic rings. The first kappa shape index (κ1) is 22.3. The van der Waals surface area contributed by atoms with Crippen LogP contribution in [0.4, 0.5) is 0 Å². The lowest BCUT2D eigenvalue weighted by molar-refractivity contribution is 0.0678. The molecule has 3 aromatic carbocycles. The predicted octanol–water partition coefficient (Wildman–Crippen LogP) is 5.31. The Bertz CT molecular complexity index is 1160. The molecule has 1 atom stereocenters. The molecular weight excluding hydrogens is 428 g/mol. The third-order valence-electron chi connectivity index (χ3n) is 7.28. The molecule has 0 aliphatic carbocycles. The monoisotopic (exact) mass is 460 g/mol. The highest BCUT2D eigenvalue weighted by Gasteiger charge is 2.46. The van der Waals surface area contributed by atoms with Crippen LogP contribution in [0.3, 0.4) is 0 Å². The fourth-order valence-electron chi connectivity index (χ4n) is 5.54. The van der Waals surface area contributed by atoms with Gasteiger partial charge in [-0.1, -0.05) is 84.9 Å². The van der Waals surface area contributed by atoms with Gasteiger partial charge in [0.25, 0.3) is 0 Å². The van der Waals surface area contributed by atoms with E-state index in [9.17, 15) is 8.42 Å². The summed E-state index contributed by atoms with van der Waals surface area (Å²) in [5.74, 6) is 0.0882. The van der Waals surface area contributed by atoms with Crippen LogP contribution in [-0.4, -0.2) is 42.8 Å². The smallest absolute Gasteiger partial charge is 0.218 e. The fourth-order valence-corrected chi connectivity index (χ4v) is 7.18. The van der Waals surface area contributed by atoms with E-state index in [4.69, 9.17) is 0 Å². The van der Waals surface area contributed by atoms with Crippen LogP contribution >= 0.6 is 0 Å². The standard InChI is InChI=1S/C28H32N2O2S/c31-33(32,22-25-9-3-1-4-10-25)30-20-8-18-28(23-30)17-7-19-29(28)21-24-13-15-27(16-14-24)26-11-5-2-6-12-26/h1-6,9-16H,7-8,17-23H2/t28-/m0/s1. The highest BCUT2D eigenvalue weighted by molar-refractivity contribution is 7.88. The number of nitrogens with zero attached hydrogens (tertiary/aromatic N) is 2. The number of sulfonamides is 1. The molecule has 2 aliphatic rings. The van der Waals surface area contributed by atoms with E-state index >= 15 is 0 Å². The van der Waals surface area contributed by atoms with Crippen molar-refractivity contribution in [2.45, 2.75) is 43.5 Å². The van der Waals surface area contributed by atoms with Gasteiger partial charge < -0.3 is 0 Å². The molecule has 0 aromatic heterocycles. The summed E-state index contributed by atoms with van der Waals surface area (Å²) in [7, 11) is -3.33. The zero-order valence-corrected chi connectivity index (χ0v) is 19.9. The number of rotatable bonds is 6. The molecule has 5 rings (SSSR count). The van der Waals surface area contributed by atoms with E-state index in [1.54, 1.807) is 4.31 Å². The molecular formula is C28H32N2O2S. The van der Waals surface area contributed by atoms with Crippen LogP contribution in [-0.2, 0) is 22.3 Å². The minimum atomic E-state index is -3.33. The molecule has 0 amide bonds. The van der Waals surface area contributed by atoms with E-state index in [0.29, 0.717) is 13.1 Å². The molecule has 5 heteroatoms. The number of hydrogen-bond acceptors (Lipinski definition) is 3. The maximum absolute atomic E-state index is 13.2. The highest BCUT2D eigenvalue weighted by Crippen LogP contribution is 2.39. The van der Waals surface area contributed by atoms with Gasteiger partial charge in [0.1, 0.15) is 0 Å². The zero-order valence-electron chi connectivity index (χ0n) is 19.1. The number of benzene rings is 3. The maximum Gasteiger partial charge on any atom is 0.218 e. The van der Waals surface area contributed by atoms with Gasteiger partial charge in [-0.3, -0.25) is 4.90 Å². The van der Waals surface area contributed by atoms with Crippen molar-refractivity contribution in [3.05, 3.63) is 96.1 Å². The van der Waals surface area contributed by atoms with Gasteiger partial charge in [-0.15, -0.1) is 0 Å². The molecule has 4 nitrogen and oxygen atoms in total. The van der Waals surface area contributed by atoms with E-state index in [1.807, 2.05) is 36.4 Å². The summed E-state index contributed by atoms with van der Waals surface area (Å²) in [6.45, 7) is 3.16. The summed E-state index contributed by atoms with van der Waals surface area (Å²) in [5.41, 5.74) is 4.57. The quantitative estimate of drug-likeness (QED) is 0.500. The first-order chi connectivity index (χ1) is 16.0. The average Bonchev–Trinajstić information content (AvgIpc) is 3.21. The molecule has 2 saturated heterocycles. The second kappa shape index (κ2) is 9.41. The van der Waals surface area contributed by atoms with Crippen molar-refractivity contribution in [1.82, 2.24) is 9.21 Å².